The Labute approximate surface area is 130 Å². The van der Waals surface area contributed by atoms with E-state index in [1.165, 1.54) is 0 Å². The molecule has 0 aromatic carbocycles. The molecule has 0 aliphatic heterocycles. The SMILES string of the molecule is CCCCOC(=O)C(Br)C(CCC)C(=O)OCCCC. The van der Waals surface area contributed by atoms with Gasteiger partial charge in [0.25, 0.3) is 0 Å². The lowest BCUT2D eigenvalue weighted by Gasteiger charge is -2.19. The molecule has 0 aliphatic carbocycles. The lowest BCUT2D eigenvalue weighted by molar-refractivity contribution is -0.154. The van der Waals surface area contributed by atoms with Crippen LogP contribution in [0.3, 0.4) is 0 Å². The predicted molar refractivity (Wildman–Crippen MR) is 82.8 cm³/mol. The fourth-order valence-electron chi connectivity index (χ4n) is 1.68. The fourth-order valence-corrected chi connectivity index (χ4v) is 2.29. The van der Waals surface area contributed by atoms with Crippen molar-refractivity contribution in [2.24, 2.45) is 5.92 Å². The highest BCUT2D eigenvalue weighted by Gasteiger charge is 2.33. The van der Waals surface area contributed by atoms with Gasteiger partial charge in [-0.25, -0.2) is 0 Å². The Bertz CT molecular complexity index is 281. The second-order valence-electron chi connectivity index (χ2n) is 4.84. The van der Waals surface area contributed by atoms with Crippen LogP contribution in [0.1, 0.15) is 59.3 Å². The summed E-state index contributed by atoms with van der Waals surface area (Å²) in [5.74, 6) is -1.15. The maximum absolute atomic E-state index is 12.0. The summed E-state index contributed by atoms with van der Waals surface area (Å²) in [4.78, 5) is 23.3. The Morgan fingerprint density at radius 1 is 0.900 bits per heavy atom. The molecule has 0 spiro atoms. The number of hydrogen-bond acceptors (Lipinski definition) is 4. The first-order valence-corrected chi connectivity index (χ1v) is 8.47. The summed E-state index contributed by atoms with van der Waals surface area (Å²) in [6, 6.07) is 0. The molecule has 2 atom stereocenters. The summed E-state index contributed by atoms with van der Waals surface area (Å²) < 4.78 is 10.4. The topological polar surface area (TPSA) is 52.6 Å². The first-order valence-electron chi connectivity index (χ1n) is 7.55. The maximum Gasteiger partial charge on any atom is 0.320 e. The highest BCUT2D eigenvalue weighted by molar-refractivity contribution is 9.10. The average molecular weight is 351 g/mol. The number of carbonyl (C=O) groups is 2. The van der Waals surface area contributed by atoms with Crippen molar-refractivity contribution in [3.05, 3.63) is 0 Å². The Kier molecular flexibility index (Phi) is 11.8. The minimum atomic E-state index is -0.617. The van der Waals surface area contributed by atoms with Gasteiger partial charge in [-0.2, -0.15) is 0 Å². The first-order chi connectivity index (χ1) is 9.58. The van der Waals surface area contributed by atoms with Crippen LogP contribution in [0.15, 0.2) is 0 Å². The molecule has 0 N–H and O–H groups in total. The lowest BCUT2D eigenvalue weighted by Crippen LogP contribution is -2.33. The van der Waals surface area contributed by atoms with Crippen molar-refractivity contribution in [3.63, 3.8) is 0 Å². The number of carbonyl (C=O) groups excluding carboxylic acids is 2. The zero-order chi connectivity index (χ0) is 15.4. The largest absolute Gasteiger partial charge is 0.465 e. The first kappa shape index (κ1) is 19.4. The van der Waals surface area contributed by atoms with Crippen LogP contribution in [0, 0.1) is 5.92 Å². The highest BCUT2D eigenvalue weighted by Crippen LogP contribution is 2.22. The average Bonchev–Trinajstić information content (AvgIpc) is 2.44. The van der Waals surface area contributed by atoms with Crippen molar-refractivity contribution < 1.29 is 19.1 Å². The minimum Gasteiger partial charge on any atom is -0.465 e. The smallest absolute Gasteiger partial charge is 0.320 e. The van der Waals surface area contributed by atoms with Crippen molar-refractivity contribution >= 4 is 27.9 Å². The number of halogens is 1. The third-order valence-electron chi connectivity index (χ3n) is 2.97. The summed E-state index contributed by atoms with van der Waals surface area (Å²) >= 11 is 3.30. The summed E-state index contributed by atoms with van der Waals surface area (Å²) in [5.41, 5.74) is 0. The number of hydrogen-bond donors (Lipinski definition) is 0. The molecular formula is C15H27BrO4. The van der Waals surface area contributed by atoms with Crippen LogP contribution in [0.2, 0.25) is 0 Å². The Hall–Kier alpha value is -0.580. The molecule has 0 aromatic heterocycles. The van der Waals surface area contributed by atoms with E-state index in [9.17, 15) is 9.59 Å². The van der Waals surface area contributed by atoms with Gasteiger partial charge in [-0.3, -0.25) is 9.59 Å². The van der Waals surface area contributed by atoms with Gasteiger partial charge in [0, 0.05) is 0 Å². The molecule has 0 saturated carbocycles. The van der Waals surface area contributed by atoms with Gasteiger partial charge in [-0.1, -0.05) is 56.0 Å². The molecule has 5 heteroatoms. The van der Waals surface area contributed by atoms with E-state index >= 15 is 0 Å². The fraction of sp³-hybridized carbons (Fsp3) is 0.867. The normalized spacial score (nSPS) is 13.6. The molecule has 0 bridgehead atoms. The van der Waals surface area contributed by atoms with Crippen LogP contribution < -0.4 is 0 Å². The summed E-state index contributed by atoms with van der Waals surface area (Å²) in [5, 5.41) is 0. The number of rotatable bonds is 11. The summed E-state index contributed by atoms with van der Waals surface area (Å²) in [7, 11) is 0. The Morgan fingerprint density at radius 2 is 1.40 bits per heavy atom. The molecule has 20 heavy (non-hydrogen) atoms. The quantitative estimate of drug-likeness (QED) is 0.322. The van der Waals surface area contributed by atoms with Crippen molar-refractivity contribution in [1.29, 1.82) is 0 Å². The molecule has 0 fully saturated rings. The monoisotopic (exact) mass is 350 g/mol. The van der Waals surface area contributed by atoms with E-state index in [0.29, 0.717) is 19.6 Å². The molecule has 2 unspecified atom stereocenters. The lowest BCUT2D eigenvalue weighted by atomic mass is 10.00. The third-order valence-corrected chi connectivity index (χ3v) is 3.98. The van der Waals surface area contributed by atoms with E-state index in [2.05, 4.69) is 15.9 Å². The van der Waals surface area contributed by atoms with Crippen LogP contribution in [0.5, 0.6) is 0 Å². The zero-order valence-electron chi connectivity index (χ0n) is 12.8. The molecule has 0 saturated heterocycles. The van der Waals surface area contributed by atoms with Gasteiger partial charge in [0.05, 0.1) is 19.1 Å². The van der Waals surface area contributed by atoms with Gasteiger partial charge < -0.3 is 9.47 Å². The van der Waals surface area contributed by atoms with Gasteiger partial charge in [-0.05, 0) is 19.3 Å². The highest BCUT2D eigenvalue weighted by atomic mass is 79.9. The van der Waals surface area contributed by atoms with Crippen LogP contribution in [-0.2, 0) is 19.1 Å². The van der Waals surface area contributed by atoms with E-state index in [-0.39, 0.29) is 11.9 Å². The number of esters is 2. The molecule has 0 aromatic rings. The molecule has 0 amide bonds. The van der Waals surface area contributed by atoms with E-state index < -0.39 is 10.7 Å². The van der Waals surface area contributed by atoms with Gasteiger partial charge in [0.2, 0.25) is 0 Å². The molecule has 4 nitrogen and oxygen atoms in total. The van der Waals surface area contributed by atoms with Crippen LogP contribution in [0.4, 0.5) is 0 Å². The Morgan fingerprint density at radius 3 is 1.85 bits per heavy atom. The van der Waals surface area contributed by atoms with Gasteiger partial charge >= 0.3 is 11.9 Å². The molecular weight excluding hydrogens is 324 g/mol. The van der Waals surface area contributed by atoms with Crippen LogP contribution in [-0.4, -0.2) is 30.0 Å². The third kappa shape index (κ3) is 7.88. The second-order valence-corrected chi connectivity index (χ2v) is 5.83. The van der Waals surface area contributed by atoms with Gasteiger partial charge in [-0.15, -0.1) is 0 Å². The van der Waals surface area contributed by atoms with E-state index in [1.807, 2.05) is 20.8 Å². The van der Waals surface area contributed by atoms with Crippen molar-refractivity contribution in [1.82, 2.24) is 0 Å². The number of unbranched alkanes of at least 4 members (excludes halogenated alkanes) is 2. The van der Waals surface area contributed by atoms with Crippen molar-refractivity contribution in [2.75, 3.05) is 13.2 Å². The van der Waals surface area contributed by atoms with E-state index in [1.54, 1.807) is 0 Å². The number of ether oxygens (including phenoxy) is 2. The predicted octanol–water partition coefficient (Wildman–Crippen LogP) is 3.85. The van der Waals surface area contributed by atoms with E-state index in [4.69, 9.17) is 9.47 Å². The standard InChI is InChI=1S/C15H27BrO4/c1-4-7-10-19-14(17)12(9-6-3)13(16)15(18)20-11-8-5-2/h12-13H,4-11H2,1-3H3. The molecule has 0 radical (unpaired) electrons. The number of alkyl halides is 1. The minimum absolute atomic E-state index is 0.311. The van der Waals surface area contributed by atoms with Crippen molar-refractivity contribution in [3.8, 4) is 0 Å². The van der Waals surface area contributed by atoms with Gasteiger partial charge in [0.1, 0.15) is 4.83 Å². The van der Waals surface area contributed by atoms with E-state index in [0.717, 1.165) is 32.1 Å². The van der Waals surface area contributed by atoms with Crippen LogP contribution in [0.25, 0.3) is 0 Å². The van der Waals surface area contributed by atoms with Gasteiger partial charge in [0.15, 0.2) is 0 Å². The van der Waals surface area contributed by atoms with Crippen molar-refractivity contribution in [2.45, 2.75) is 64.1 Å². The Balaban J connectivity index is 4.39. The summed E-state index contributed by atoms with van der Waals surface area (Å²) in [6.45, 7) is 6.87. The molecule has 0 heterocycles. The molecule has 118 valence electrons. The van der Waals surface area contributed by atoms with Crippen LogP contribution >= 0.6 is 15.9 Å². The zero-order valence-corrected chi connectivity index (χ0v) is 14.4. The maximum atomic E-state index is 12.0. The summed E-state index contributed by atoms with van der Waals surface area (Å²) in [6.07, 6.45) is 5.06. The molecule has 0 rings (SSSR count). The second kappa shape index (κ2) is 12.2. The molecule has 0 aliphatic rings.